The van der Waals surface area contributed by atoms with Crippen molar-refractivity contribution < 1.29 is 24.2 Å². The number of nitrogens with one attached hydrogen (secondary N) is 1. The molecule has 3 rings (SSSR count). The highest BCUT2D eigenvalue weighted by Crippen LogP contribution is 2.28. The number of carbonyl (C=O) groups excluding carboxylic acids is 1. The van der Waals surface area contributed by atoms with Gasteiger partial charge in [0.05, 0.1) is 7.11 Å². The zero-order valence-electron chi connectivity index (χ0n) is 16.2. The molecular formula is C21H26N2O5. The molecule has 2 N–H and O–H groups in total. The average Bonchev–Trinajstić information content (AvgIpc) is 2.90. The van der Waals surface area contributed by atoms with E-state index < -0.39 is 5.91 Å². The molecule has 150 valence electrons. The fraction of sp³-hybridized carbons (Fsp3) is 0.381. The van der Waals surface area contributed by atoms with E-state index in [1.165, 1.54) is 5.56 Å². The molecule has 1 aliphatic rings. The van der Waals surface area contributed by atoms with Crippen molar-refractivity contribution in [2.75, 3.05) is 27.4 Å². The molecule has 0 saturated carbocycles. The van der Waals surface area contributed by atoms with E-state index in [0.717, 1.165) is 24.3 Å². The third-order valence-corrected chi connectivity index (χ3v) is 4.95. The van der Waals surface area contributed by atoms with Crippen LogP contribution in [0.25, 0.3) is 0 Å². The Morgan fingerprint density at radius 1 is 1.25 bits per heavy atom. The lowest BCUT2D eigenvalue weighted by atomic mass is 10.1. The van der Waals surface area contributed by atoms with Crippen LogP contribution in [0.4, 0.5) is 0 Å². The molecule has 0 aliphatic carbocycles. The van der Waals surface area contributed by atoms with Crippen LogP contribution in [0.3, 0.4) is 0 Å². The largest absolute Gasteiger partial charge is 0.497 e. The molecule has 0 bridgehead atoms. The minimum absolute atomic E-state index is 0.171. The quantitative estimate of drug-likeness (QED) is 0.562. The second-order valence-electron chi connectivity index (χ2n) is 6.76. The highest BCUT2D eigenvalue weighted by Gasteiger charge is 2.25. The number of hydroxylamine groups is 1. The van der Waals surface area contributed by atoms with Crippen molar-refractivity contribution in [1.29, 1.82) is 0 Å². The fourth-order valence-electron chi connectivity index (χ4n) is 3.33. The van der Waals surface area contributed by atoms with Crippen molar-refractivity contribution in [3.63, 3.8) is 0 Å². The summed E-state index contributed by atoms with van der Waals surface area (Å²) >= 11 is 0. The number of carbonyl (C=O) groups is 1. The van der Waals surface area contributed by atoms with E-state index in [-0.39, 0.29) is 6.04 Å². The van der Waals surface area contributed by atoms with Crippen molar-refractivity contribution in [2.45, 2.75) is 25.6 Å². The summed E-state index contributed by atoms with van der Waals surface area (Å²) in [5.74, 6) is 0.946. The van der Waals surface area contributed by atoms with Crippen molar-refractivity contribution >= 4 is 5.91 Å². The van der Waals surface area contributed by atoms with Gasteiger partial charge in [0.25, 0.3) is 5.91 Å². The molecule has 7 heteroatoms. The molecule has 0 spiro atoms. The lowest BCUT2D eigenvalue weighted by Gasteiger charge is -2.29. The van der Waals surface area contributed by atoms with Crippen LogP contribution in [0.15, 0.2) is 42.5 Å². The molecule has 2 aromatic carbocycles. The van der Waals surface area contributed by atoms with Crippen LogP contribution in [0.5, 0.6) is 11.5 Å². The summed E-state index contributed by atoms with van der Waals surface area (Å²) in [6.07, 6.45) is 0.838. The van der Waals surface area contributed by atoms with Crippen LogP contribution in [0.2, 0.25) is 0 Å². The monoisotopic (exact) mass is 386 g/mol. The summed E-state index contributed by atoms with van der Waals surface area (Å²) in [7, 11) is 3.35. The van der Waals surface area contributed by atoms with Gasteiger partial charge in [0.1, 0.15) is 18.1 Å². The molecule has 0 aromatic heterocycles. The number of methoxy groups -OCH3 is 2. The molecule has 7 nitrogen and oxygen atoms in total. The Labute approximate surface area is 164 Å². The van der Waals surface area contributed by atoms with Crippen molar-refractivity contribution in [3.8, 4) is 11.5 Å². The normalized spacial score (nSPS) is 16.6. The Kier molecular flexibility index (Phi) is 6.86. The maximum absolute atomic E-state index is 11.7. The van der Waals surface area contributed by atoms with Crippen LogP contribution in [-0.2, 0) is 17.8 Å². The smallest absolute Gasteiger partial charge is 0.274 e. The van der Waals surface area contributed by atoms with Crippen LogP contribution in [0.1, 0.15) is 27.9 Å². The van der Waals surface area contributed by atoms with E-state index in [0.29, 0.717) is 31.1 Å². The SMILES string of the molecule is COCC[C@H]1COc2cc(C(=O)NO)ccc2CN1Cc1ccc(OC)cc1. The van der Waals surface area contributed by atoms with Crippen LogP contribution >= 0.6 is 0 Å². The van der Waals surface area contributed by atoms with Crippen molar-refractivity contribution in [1.82, 2.24) is 10.4 Å². The first kappa shape index (κ1) is 20.1. The number of rotatable bonds is 7. The molecule has 1 amide bonds. The fourth-order valence-corrected chi connectivity index (χ4v) is 3.33. The lowest BCUT2D eigenvalue weighted by molar-refractivity contribution is 0.0705. The highest BCUT2D eigenvalue weighted by atomic mass is 16.5. The Balaban J connectivity index is 1.83. The van der Waals surface area contributed by atoms with E-state index >= 15 is 0 Å². The zero-order chi connectivity index (χ0) is 19.9. The van der Waals surface area contributed by atoms with E-state index in [1.807, 2.05) is 18.2 Å². The molecule has 1 aliphatic heterocycles. The van der Waals surface area contributed by atoms with Crippen molar-refractivity contribution in [3.05, 3.63) is 59.2 Å². The van der Waals surface area contributed by atoms with Gasteiger partial charge in [0, 0.05) is 44.0 Å². The molecule has 0 unspecified atom stereocenters. The van der Waals surface area contributed by atoms with Gasteiger partial charge in [-0.15, -0.1) is 0 Å². The maximum Gasteiger partial charge on any atom is 0.274 e. The first-order chi connectivity index (χ1) is 13.6. The van der Waals surface area contributed by atoms with Gasteiger partial charge in [-0.25, -0.2) is 5.48 Å². The summed E-state index contributed by atoms with van der Waals surface area (Å²) in [6.45, 7) is 2.59. The molecule has 2 aromatic rings. The number of benzene rings is 2. The first-order valence-electron chi connectivity index (χ1n) is 9.20. The topological polar surface area (TPSA) is 80.3 Å². The van der Waals surface area contributed by atoms with E-state index in [4.69, 9.17) is 19.4 Å². The zero-order valence-corrected chi connectivity index (χ0v) is 16.2. The van der Waals surface area contributed by atoms with Crippen LogP contribution in [-0.4, -0.2) is 49.5 Å². The Morgan fingerprint density at radius 3 is 2.71 bits per heavy atom. The van der Waals surface area contributed by atoms with Gasteiger partial charge in [-0.3, -0.25) is 14.9 Å². The first-order valence-corrected chi connectivity index (χ1v) is 9.20. The predicted octanol–water partition coefficient (Wildman–Crippen LogP) is 2.61. The Morgan fingerprint density at radius 2 is 2.04 bits per heavy atom. The molecule has 1 atom stereocenters. The summed E-state index contributed by atoms with van der Waals surface area (Å²) in [6, 6.07) is 13.5. The number of nitrogens with zero attached hydrogens (tertiary/aromatic N) is 1. The maximum atomic E-state index is 11.7. The van der Waals surface area contributed by atoms with Gasteiger partial charge < -0.3 is 14.2 Å². The summed E-state index contributed by atoms with van der Waals surface area (Å²) < 4.78 is 16.5. The summed E-state index contributed by atoms with van der Waals surface area (Å²) in [4.78, 5) is 14.1. The summed E-state index contributed by atoms with van der Waals surface area (Å²) in [5.41, 5.74) is 4.20. The number of hydrogen-bond acceptors (Lipinski definition) is 6. The molecular weight excluding hydrogens is 360 g/mol. The second-order valence-corrected chi connectivity index (χ2v) is 6.76. The molecule has 0 radical (unpaired) electrons. The van der Waals surface area contributed by atoms with E-state index in [9.17, 15) is 4.79 Å². The lowest BCUT2D eigenvalue weighted by Crippen LogP contribution is -2.37. The van der Waals surface area contributed by atoms with Crippen LogP contribution in [0, 0.1) is 0 Å². The number of ether oxygens (including phenoxy) is 3. The van der Waals surface area contributed by atoms with Gasteiger partial charge in [-0.1, -0.05) is 18.2 Å². The summed E-state index contributed by atoms with van der Waals surface area (Å²) in [5, 5.41) is 8.86. The minimum atomic E-state index is -0.554. The van der Waals surface area contributed by atoms with Gasteiger partial charge in [0.2, 0.25) is 0 Å². The van der Waals surface area contributed by atoms with E-state index in [2.05, 4.69) is 17.0 Å². The predicted molar refractivity (Wildman–Crippen MR) is 104 cm³/mol. The molecule has 1 heterocycles. The van der Waals surface area contributed by atoms with Crippen molar-refractivity contribution in [2.24, 2.45) is 0 Å². The van der Waals surface area contributed by atoms with E-state index in [1.54, 1.807) is 31.8 Å². The standard InChI is InChI=1S/C21H26N2O5/c1-26-10-9-18-14-28-20-11-16(21(24)22-25)5-6-17(20)13-23(18)12-15-3-7-19(27-2)8-4-15/h3-8,11,18,25H,9-10,12-14H2,1-2H3,(H,22,24)/t18-/m0/s1. The average molecular weight is 386 g/mol. The Bertz CT molecular complexity index is 794. The molecule has 0 saturated heterocycles. The van der Waals surface area contributed by atoms with Gasteiger partial charge in [-0.05, 0) is 36.2 Å². The second kappa shape index (κ2) is 9.54. The van der Waals surface area contributed by atoms with Gasteiger partial charge >= 0.3 is 0 Å². The third kappa shape index (κ3) is 4.81. The number of amides is 1. The number of hydrogen-bond donors (Lipinski definition) is 2. The molecule has 28 heavy (non-hydrogen) atoms. The van der Waals surface area contributed by atoms with Gasteiger partial charge in [-0.2, -0.15) is 0 Å². The van der Waals surface area contributed by atoms with Crippen LogP contribution < -0.4 is 15.0 Å². The third-order valence-electron chi connectivity index (χ3n) is 4.95. The molecule has 0 fully saturated rings. The number of fused-ring (bicyclic) bond motifs is 1. The minimum Gasteiger partial charge on any atom is -0.497 e. The Hall–Kier alpha value is -2.61. The van der Waals surface area contributed by atoms with Gasteiger partial charge in [0.15, 0.2) is 0 Å². The highest BCUT2D eigenvalue weighted by molar-refractivity contribution is 5.93.